The van der Waals surface area contributed by atoms with Gasteiger partial charge in [0.2, 0.25) is 5.91 Å². The quantitative estimate of drug-likeness (QED) is 0.801. The van der Waals surface area contributed by atoms with E-state index in [2.05, 4.69) is 31.0 Å². The number of nitrogens with zero attached hydrogens (tertiary/aromatic N) is 1. The summed E-state index contributed by atoms with van der Waals surface area (Å²) < 4.78 is 0. The second kappa shape index (κ2) is 6.74. The monoisotopic (exact) mass is 266 g/mol. The lowest BCUT2D eigenvalue weighted by Gasteiger charge is -2.39. The zero-order valence-corrected chi connectivity index (χ0v) is 12.8. The van der Waals surface area contributed by atoms with Crippen molar-refractivity contribution >= 4 is 5.91 Å². The topological polar surface area (TPSA) is 32.3 Å². The molecule has 0 saturated carbocycles. The highest BCUT2D eigenvalue weighted by Crippen LogP contribution is 2.31. The van der Waals surface area contributed by atoms with Crippen LogP contribution in [0.5, 0.6) is 0 Å². The largest absolute Gasteiger partial charge is 0.339 e. The third-order valence-electron chi connectivity index (χ3n) is 4.97. The molecule has 2 bridgehead atoms. The zero-order valence-electron chi connectivity index (χ0n) is 12.8. The molecule has 2 fully saturated rings. The standard InChI is InChI=1S/C16H30N2O/c1-4-9-18(16(19)12(5-2)6-3)15-10-13-7-8-14(11-15)17-13/h12-15,17H,4-11H2,1-3H3. The van der Waals surface area contributed by atoms with Crippen LogP contribution in [0.1, 0.15) is 65.7 Å². The van der Waals surface area contributed by atoms with Crippen molar-refractivity contribution in [3.63, 3.8) is 0 Å². The van der Waals surface area contributed by atoms with Gasteiger partial charge in [0.05, 0.1) is 0 Å². The number of nitrogens with one attached hydrogen (secondary N) is 1. The second-order valence-corrected chi connectivity index (χ2v) is 6.31. The predicted octanol–water partition coefficient (Wildman–Crippen LogP) is 2.94. The molecular formula is C16H30N2O. The van der Waals surface area contributed by atoms with Crippen LogP contribution in [0, 0.1) is 5.92 Å². The summed E-state index contributed by atoms with van der Waals surface area (Å²) in [5.41, 5.74) is 0. The third-order valence-corrected chi connectivity index (χ3v) is 4.97. The maximum atomic E-state index is 12.7. The molecule has 2 heterocycles. The average Bonchev–Trinajstić information content (AvgIpc) is 2.76. The number of hydrogen-bond acceptors (Lipinski definition) is 2. The van der Waals surface area contributed by atoms with Crippen LogP contribution in [0.15, 0.2) is 0 Å². The molecule has 0 aromatic heterocycles. The Kier molecular flexibility index (Phi) is 5.26. The fourth-order valence-electron chi connectivity index (χ4n) is 3.87. The lowest BCUT2D eigenvalue weighted by atomic mass is 9.94. The van der Waals surface area contributed by atoms with Gasteiger partial charge in [0.1, 0.15) is 0 Å². The summed E-state index contributed by atoms with van der Waals surface area (Å²) in [6.45, 7) is 7.41. The molecule has 2 atom stereocenters. The molecule has 2 rings (SSSR count). The number of amides is 1. The van der Waals surface area contributed by atoms with Gasteiger partial charge in [-0.1, -0.05) is 20.8 Å². The summed E-state index contributed by atoms with van der Waals surface area (Å²) in [7, 11) is 0. The molecule has 0 aromatic carbocycles. The summed E-state index contributed by atoms with van der Waals surface area (Å²) in [6, 6.07) is 1.82. The van der Waals surface area contributed by atoms with Gasteiger partial charge in [-0.25, -0.2) is 0 Å². The van der Waals surface area contributed by atoms with Crippen molar-refractivity contribution < 1.29 is 4.79 Å². The highest BCUT2D eigenvalue weighted by molar-refractivity contribution is 5.79. The maximum Gasteiger partial charge on any atom is 0.225 e. The molecule has 2 unspecified atom stereocenters. The Balaban J connectivity index is 2.04. The van der Waals surface area contributed by atoms with Gasteiger partial charge in [0.25, 0.3) is 0 Å². The molecule has 19 heavy (non-hydrogen) atoms. The number of fused-ring (bicyclic) bond motifs is 2. The molecule has 0 radical (unpaired) electrons. The number of carbonyl (C=O) groups is 1. The fourth-order valence-corrected chi connectivity index (χ4v) is 3.87. The number of carbonyl (C=O) groups excluding carboxylic acids is 1. The lowest BCUT2D eigenvalue weighted by molar-refractivity contribution is -0.139. The first-order valence-electron chi connectivity index (χ1n) is 8.26. The van der Waals surface area contributed by atoms with Crippen molar-refractivity contribution in [1.29, 1.82) is 0 Å². The Morgan fingerprint density at radius 1 is 1.16 bits per heavy atom. The maximum absolute atomic E-state index is 12.7. The zero-order chi connectivity index (χ0) is 13.8. The van der Waals surface area contributed by atoms with E-state index in [1.165, 1.54) is 25.7 Å². The smallest absolute Gasteiger partial charge is 0.225 e. The highest BCUT2D eigenvalue weighted by atomic mass is 16.2. The molecule has 110 valence electrons. The predicted molar refractivity (Wildman–Crippen MR) is 79.0 cm³/mol. The molecule has 3 nitrogen and oxygen atoms in total. The van der Waals surface area contributed by atoms with E-state index in [9.17, 15) is 4.79 Å². The van der Waals surface area contributed by atoms with Crippen LogP contribution < -0.4 is 5.32 Å². The Morgan fingerprint density at radius 3 is 2.21 bits per heavy atom. The molecular weight excluding hydrogens is 236 g/mol. The Hall–Kier alpha value is -0.570. The van der Waals surface area contributed by atoms with E-state index in [1.807, 2.05) is 0 Å². The van der Waals surface area contributed by atoms with Crippen LogP contribution in [0.25, 0.3) is 0 Å². The van der Waals surface area contributed by atoms with Crippen LogP contribution in [0.3, 0.4) is 0 Å². The van der Waals surface area contributed by atoms with Gasteiger partial charge in [-0.3, -0.25) is 4.79 Å². The molecule has 0 aliphatic carbocycles. The fraction of sp³-hybridized carbons (Fsp3) is 0.938. The third kappa shape index (κ3) is 3.31. The van der Waals surface area contributed by atoms with Crippen LogP contribution in [-0.2, 0) is 4.79 Å². The van der Waals surface area contributed by atoms with Gasteiger partial charge in [-0.05, 0) is 44.9 Å². The van der Waals surface area contributed by atoms with Crippen molar-refractivity contribution in [3.8, 4) is 0 Å². The van der Waals surface area contributed by atoms with E-state index < -0.39 is 0 Å². The molecule has 1 amide bonds. The summed E-state index contributed by atoms with van der Waals surface area (Å²) in [4.78, 5) is 15.0. The second-order valence-electron chi connectivity index (χ2n) is 6.31. The first kappa shape index (κ1) is 14.8. The van der Waals surface area contributed by atoms with E-state index >= 15 is 0 Å². The van der Waals surface area contributed by atoms with Crippen molar-refractivity contribution in [2.45, 2.75) is 83.8 Å². The highest BCUT2D eigenvalue weighted by Gasteiger charge is 2.38. The van der Waals surface area contributed by atoms with Gasteiger partial charge in [-0.2, -0.15) is 0 Å². The molecule has 2 aliphatic rings. The average molecular weight is 266 g/mol. The van der Waals surface area contributed by atoms with E-state index in [0.29, 0.717) is 24.0 Å². The van der Waals surface area contributed by atoms with Gasteiger partial charge >= 0.3 is 0 Å². The van der Waals surface area contributed by atoms with E-state index in [0.717, 1.165) is 25.8 Å². The SMILES string of the molecule is CCCN(C(=O)C(CC)CC)C1CC2CCC(C1)N2. The number of rotatable bonds is 6. The summed E-state index contributed by atoms with van der Waals surface area (Å²) in [5.74, 6) is 0.650. The van der Waals surface area contributed by atoms with Crippen LogP contribution in [-0.4, -0.2) is 35.5 Å². The minimum atomic E-state index is 0.235. The Labute approximate surface area is 118 Å². The summed E-state index contributed by atoms with van der Waals surface area (Å²) >= 11 is 0. The minimum Gasteiger partial charge on any atom is -0.339 e. The van der Waals surface area contributed by atoms with Gasteiger partial charge in [-0.15, -0.1) is 0 Å². The first-order chi connectivity index (χ1) is 9.19. The first-order valence-corrected chi connectivity index (χ1v) is 8.26. The number of hydrogen-bond donors (Lipinski definition) is 1. The van der Waals surface area contributed by atoms with Gasteiger partial charge < -0.3 is 10.2 Å². The van der Waals surface area contributed by atoms with E-state index in [1.54, 1.807) is 0 Å². The van der Waals surface area contributed by atoms with Crippen molar-refractivity contribution in [1.82, 2.24) is 10.2 Å². The normalized spacial score (nSPS) is 29.8. The van der Waals surface area contributed by atoms with E-state index in [-0.39, 0.29) is 5.92 Å². The van der Waals surface area contributed by atoms with Crippen LogP contribution in [0.4, 0.5) is 0 Å². The Bertz CT molecular complexity index is 289. The van der Waals surface area contributed by atoms with Crippen molar-refractivity contribution in [2.24, 2.45) is 5.92 Å². The summed E-state index contributed by atoms with van der Waals surface area (Å²) in [5, 5.41) is 3.68. The van der Waals surface area contributed by atoms with Gasteiger partial charge in [0.15, 0.2) is 0 Å². The van der Waals surface area contributed by atoms with Gasteiger partial charge in [0, 0.05) is 30.6 Å². The summed E-state index contributed by atoms with van der Waals surface area (Å²) in [6.07, 6.45) is 7.98. The Morgan fingerprint density at radius 2 is 1.74 bits per heavy atom. The van der Waals surface area contributed by atoms with E-state index in [4.69, 9.17) is 0 Å². The minimum absolute atomic E-state index is 0.235. The molecule has 1 N–H and O–H groups in total. The number of piperidine rings is 1. The molecule has 0 spiro atoms. The molecule has 2 saturated heterocycles. The van der Waals surface area contributed by atoms with Crippen LogP contribution >= 0.6 is 0 Å². The lowest BCUT2D eigenvalue weighted by Crippen LogP contribution is -2.51. The van der Waals surface area contributed by atoms with Crippen LogP contribution in [0.2, 0.25) is 0 Å². The van der Waals surface area contributed by atoms with Crippen molar-refractivity contribution in [3.05, 3.63) is 0 Å². The molecule has 3 heteroatoms. The molecule has 0 aromatic rings. The molecule has 2 aliphatic heterocycles. The van der Waals surface area contributed by atoms with Crippen molar-refractivity contribution in [2.75, 3.05) is 6.54 Å².